The van der Waals surface area contributed by atoms with E-state index in [1.165, 1.54) is 0 Å². The highest BCUT2D eigenvalue weighted by Gasteiger charge is 2.26. The molecule has 0 bridgehead atoms. The number of rotatable bonds is 16. The van der Waals surface area contributed by atoms with Crippen molar-refractivity contribution in [2.24, 2.45) is 5.92 Å². The van der Waals surface area contributed by atoms with Crippen LogP contribution >= 0.6 is 0 Å². The molecular formula is C34H47N7O4. The molecule has 0 saturated carbocycles. The van der Waals surface area contributed by atoms with Crippen LogP contribution in [0, 0.1) is 19.8 Å². The zero-order chi connectivity index (χ0) is 32.9. The van der Waals surface area contributed by atoms with Crippen LogP contribution in [0.25, 0.3) is 0 Å². The molecule has 3 atom stereocenters. The molecule has 0 saturated heterocycles. The number of nitrogens with one attached hydrogen (secondary N) is 6. The van der Waals surface area contributed by atoms with Crippen LogP contribution in [0.1, 0.15) is 70.9 Å². The number of carbonyl (C=O) groups excluding carboxylic acids is 4. The Morgan fingerprint density at radius 3 is 2.16 bits per heavy atom. The molecule has 0 aliphatic rings. The van der Waals surface area contributed by atoms with E-state index < -0.39 is 12.1 Å². The van der Waals surface area contributed by atoms with Crippen molar-refractivity contribution in [2.75, 3.05) is 19.6 Å². The summed E-state index contributed by atoms with van der Waals surface area (Å²) < 4.78 is 0. The number of likely N-dealkylation sites (N-methyl/N-ethyl adjacent to an activating group) is 1. The van der Waals surface area contributed by atoms with Gasteiger partial charge in [0.2, 0.25) is 11.8 Å². The summed E-state index contributed by atoms with van der Waals surface area (Å²) in [5.74, 6) is -1.20. The predicted octanol–water partition coefficient (Wildman–Crippen LogP) is 2.60. The van der Waals surface area contributed by atoms with Crippen LogP contribution < -0.4 is 26.6 Å². The van der Waals surface area contributed by atoms with Gasteiger partial charge in [0.1, 0.15) is 6.04 Å². The van der Waals surface area contributed by atoms with Crippen LogP contribution in [0.3, 0.4) is 0 Å². The number of aromatic nitrogens is 2. The molecule has 0 aliphatic heterocycles. The van der Waals surface area contributed by atoms with Gasteiger partial charge in [-0.1, -0.05) is 50.2 Å². The number of hydrogen-bond donors (Lipinski definition) is 6. The summed E-state index contributed by atoms with van der Waals surface area (Å²) in [6.45, 7) is 12.4. The van der Waals surface area contributed by atoms with Gasteiger partial charge in [0.15, 0.2) is 0 Å². The number of aromatic amines is 1. The molecule has 1 heterocycles. The van der Waals surface area contributed by atoms with E-state index in [1.54, 1.807) is 31.2 Å². The number of H-pyrrole nitrogens is 1. The SMILES string of the molecule is CCNC(=O)[C@@H](NC(=O)[C@H](C)NC[C@H](Cc1ccccc1)NC(=O)c1cccc(C(=O)NCCc2c(C)n[nH]c2C)c1)C(C)C. The van der Waals surface area contributed by atoms with Crippen molar-refractivity contribution in [3.05, 3.63) is 88.2 Å². The van der Waals surface area contributed by atoms with E-state index in [-0.39, 0.29) is 35.6 Å². The van der Waals surface area contributed by atoms with Crippen molar-refractivity contribution in [1.82, 2.24) is 36.8 Å². The molecule has 3 rings (SSSR count). The zero-order valence-corrected chi connectivity index (χ0v) is 27.1. The molecule has 1 aromatic heterocycles. The first-order chi connectivity index (χ1) is 21.5. The fourth-order valence-electron chi connectivity index (χ4n) is 5.00. The van der Waals surface area contributed by atoms with Crippen molar-refractivity contribution in [2.45, 2.75) is 72.5 Å². The van der Waals surface area contributed by atoms with Crippen LogP contribution in [0.15, 0.2) is 54.6 Å². The van der Waals surface area contributed by atoms with E-state index in [0.717, 1.165) is 22.5 Å². The Bertz CT molecular complexity index is 1420. The normalized spacial score (nSPS) is 13.0. The number of amides is 4. The van der Waals surface area contributed by atoms with E-state index in [2.05, 4.69) is 36.8 Å². The van der Waals surface area contributed by atoms with Gasteiger partial charge in [0.25, 0.3) is 11.8 Å². The molecule has 0 fully saturated rings. The minimum Gasteiger partial charge on any atom is -0.355 e. The van der Waals surface area contributed by atoms with Gasteiger partial charge in [-0.05, 0) is 75.8 Å². The minimum absolute atomic E-state index is 0.0829. The predicted molar refractivity (Wildman–Crippen MR) is 175 cm³/mol. The van der Waals surface area contributed by atoms with Crippen LogP contribution in [0.4, 0.5) is 0 Å². The second-order valence-electron chi connectivity index (χ2n) is 11.6. The van der Waals surface area contributed by atoms with Crippen molar-refractivity contribution >= 4 is 23.6 Å². The second kappa shape index (κ2) is 17.1. The van der Waals surface area contributed by atoms with Gasteiger partial charge >= 0.3 is 0 Å². The van der Waals surface area contributed by atoms with Crippen LogP contribution in [0.2, 0.25) is 0 Å². The van der Waals surface area contributed by atoms with E-state index in [9.17, 15) is 19.2 Å². The largest absolute Gasteiger partial charge is 0.355 e. The fourth-order valence-corrected chi connectivity index (χ4v) is 5.00. The molecule has 0 radical (unpaired) electrons. The first kappa shape index (κ1) is 35.0. The highest BCUT2D eigenvalue weighted by molar-refractivity contribution is 5.99. The molecule has 0 spiro atoms. The molecule has 6 N–H and O–H groups in total. The van der Waals surface area contributed by atoms with Gasteiger partial charge in [-0.25, -0.2) is 0 Å². The first-order valence-electron chi connectivity index (χ1n) is 15.5. The Kier molecular flexibility index (Phi) is 13.3. The number of benzene rings is 2. The lowest BCUT2D eigenvalue weighted by molar-refractivity contribution is -0.130. The van der Waals surface area contributed by atoms with Crippen LogP contribution in [-0.2, 0) is 22.4 Å². The lowest BCUT2D eigenvalue weighted by Crippen LogP contribution is -2.55. The highest BCUT2D eigenvalue weighted by Crippen LogP contribution is 2.11. The maximum atomic E-state index is 13.4. The third kappa shape index (κ3) is 10.6. The van der Waals surface area contributed by atoms with Gasteiger partial charge in [0, 0.05) is 42.5 Å². The average molecular weight is 618 g/mol. The molecule has 0 aliphatic carbocycles. The minimum atomic E-state index is -0.648. The Hall–Kier alpha value is -4.51. The van der Waals surface area contributed by atoms with Gasteiger partial charge in [-0.2, -0.15) is 5.10 Å². The summed E-state index contributed by atoms with van der Waals surface area (Å²) in [5, 5.41) is 22.0. The molecule has 242 valence electrons. The third-order valence-corrected chi connectivity index (χ3v) is 7.65. The number of aryl methyl sites for hydroxylation is 2. The monoisotopic (exact) mass is 617 g/mol. The van der Waals surface area contributed by atoms with Gasteiger partial charge in [0.05, 0.1) is 11.7 Å². The third-order valence-electron chi connectivity index (χ3n) is 7.65. The Balaban J connectivity index is 1.64. The lowest BCUT2D eigenvalue weighted by Gasteiger charge is -2.25. The molecular weight excluding hydrogens is 570 g/mol. The van der Waals surface area contributed by atoms with E-state index in [4.69, 9.17) is 0 Å². The molecule has 2 aromatic carbocycles. The van der Waals surface area contributed by atoms with Crippen molar-refractivity contribution < 1.29 is 19.2 Å². The number of hydrogen-bond acceptors (Lipinski definition) is 6. The number of nitrogens with zero attached hydrogens (tertiary/aromatic N) is 1. The maximum Gasteiger partial charge on any atom is 0.251 e. The lowest BCUT2D eigenvalue weighted by atomic mass is 10.0. The van der Waals surface area contributed by atoms with E-state index >= 15 is 0 Å². The van der Waals surface area contributed by atoms with Gasteiger partial charge in [-0.3, -0.25) is 24.3 Å². The first-order valence-corrected chi connectivity index (χ1v) is 15.5. The Morgan fingerprint density at radius 1 is 0.844 bits per heavy atom. The van der Waals surface area contributed by atoms with E-state index in [1.807, 2.05) is 65.0 Å². The fraction of sp³-hybridized carbons (Fsp3) is 0.441. The quantitative estimate of drug-likeness (QED) is 0.145. The van der Waals surface area contributed by atoms with Gasteiger partial charge in [-0.15, -0.1) is 0 Å². The van der Waals surface area contributed by atoms with Crippen molar-refractivity contribution in [3.63, 3.8) is 0 Å². The maximum absolute atomic E-state index is 13.4. The summed E-state index contributed by atoms with van der Waals surface area (Å²) in [7, 11) is 0. The molecule has 3 aromatic rings. The topological polar surface area (TPSA) is 157 Å². The highest BCUT2D eigenvalue weighted by atomic mass is 16.2. The summed E-state index contributed by atoms with van der Waals surface area (Å²) in [5.41, 5.74) is 4.74. The zero-order valence-electron chi connectivity index (χ0n) is 27.1. The van der Waals surface area contributed by atoms with E-state index in [0.29, 0.717) is 43.6 Å². The number of carbonyl (C=O) groups is 4. The summed E-state index contributed by atoms with van der Waals surface area (Å²) in [6, 6.07) is 14.7. The van der Waals surface area contributed by atoms with Gasteiger partial charge < -0.3 is 26.6 Å². The van der Waals surface area contributed by atoms with Crippen LogP contribution in [0.5, 0.6) is 0 Å². The molecule has 45 heavy (non-hydrogen) atoms. The molecule has 11 nitrogen and oxygen atoms in total. The average Bonchev–Trinajstić information content (AvgIpc) is 3.34. The second-order valence-corrected chi connectivity index (χ2v) is 11.6. The Labute approximate surface area is 265 Å². The summed E-state index contributed by atoms with van der Waals surface area (Å²) in [6.07, 6.45) is 1.17. The van der Waals surface area contributed by atoms with Crippen molar-refractivity contribution in [1.29, 1.82) is 0 Å². The molecule has 0 unspecified atom stereocenters. The standard InChI is InChI=1S/C34H47N7O4/c1-7-35-34(45)30(21(2)3)39-31(42)24(6)37-20-28(18-25-12-9-8-10-13-25)38-33(44)27-15-11-14-26(19-27)32(43)36-17-16-29-22(4)40-41-23(29)5/h8-15,19,21,24,28,30,37H,7,16-18,20H2,1-6H3,(H,35,45)(H,36,43)(H,38,44)(H,39,42)(H,40,41)/t24-,28-,30-/m0/s1. The summed E-state index contributed by atoms with van der Waals surface area (Å²) in [4.78, 5) is 51.7. The summed E-state index contributed by atoms with van der Waals surface area (Å²) >= 11 is 0. The van der Waals surface area contributed by atoms with Crippen molar-refractivity contribution in [3.8, 4) is 0 Å². The molecule has 11 heteroatoms. The molecule has 4 amide bonds. The van der Waals surface area contributed by atoms with Crippen LogP contribution in [-0.4, -0.2) is 71.6 Å². The smallest absolute Gasteiger partial charge is 0.251 e. The Morgan fingerprint density at radius 2 is 1.53 bits per heavy atom.